The van der Waals surface area contributed by atoms with Gasteiger partial charge in [-0.1, -0.05) is 12.1 Å². The van der Waals surface area contributed by atoms with Gasteiger partial charge in [-0.25, -0.2) is 4.98 Å². The second-order valence-electron chi connectivity index (χ2n) is 5.67. The van der Waals surface area contributed by atoms with E-state index in [-0.39, 0.29) is 30.4 Å². The van der Waals surface area contributed by atoms with Crippen molar-refractivity contribution in [2.45, 2.75) is 0 Å². The maximum absolute atomic E-state index is 12.2. The molecule has 8 heteroatoms. The lowest BCUT2D eigenvalue weighted by molar-refractivity contribution is 0.0922. The van der Waals surface area contributed by atoms with Crippen LogP contribution in [-0.4, -0.2) is 42.0 Å². The van der Waals surface area contributed by atoms with Gasteiger partial charge >= 0.3 is 0 Å². The molecule has 0 aliphatic carbocycles. The van der Waals surface area contributed by atoms with Crippen LogP contribution in [0.15, 0.2) is 53.3 Å². The van der Waals surface area contributed by atoms with Gasteiger partial charge in [0.1, 0.15) is 5.75 Å². The first-order chi connectivity index (χ1) is 13.1. The van der Waals surface area contributed by atoms with Crippen LogP contribution < -0.4 is 20.9 Å². The van der Waals surface area contributed by atoms with Crippen LogP contribution in [0, 0.1) is 0 Å². The molecule has 2 aromatic carbocycles. The fourth-order valence-corrected chi connectivity index (χ4v) is 2.47. The number of amides is 2. The van der Waals surface area contributed by atoms with Crippen LogP contribution in [0.1, 0.15) is 21.0 Å². The SMILES string of the molecule is COc1ccc(C(=O)NCCNC(=O)c2nc3ccccc3c(=O)[nH]2)cc1. The number of nitrogens with one attached hydrogen (secondary N) is 3. The van der Waals surface area contributed by atoms with E-state index in [1.54, 1.807) is 55.6 Å². The molecule has 0 aliphatic rings. The molecule has 8 nitrogen and oxygen atoms in total. The first-order valence-electron chi connectivity index (χ1n) is 8.28. The van der Waals surface area contributed by atoms with Crippen molar-refractivity contribution in [2.24, 2.45) is 0 Å². The number of fused-ring (bicyclic) bond motifs is 1. The molecule has 3 rings (SSSR count). The number of para-hydroxylation sites is 1. The number of rotatable bonds is 6. The molecule has 0 aliphatic heterocycles. The van der Waals surface area contributed by atoms with Crippen LogP contribution in [-0.2, 0) is 0 Å². The Morgan fingerprint density at radius 3 is 2.37 bits per heavy atom. The summed E-state index contributed by atoms with van der Waals surface area (Å²) in [6.45, 7) is 0.422. The van der Waals surface area contributed by atoms with Gasteiger partial charge in [-0.3, -0.25) is 14.4 Å². The van der Waals surface area contributed by atoms with Crippen molar-refractivity contribution in [3.63, 3.8) is 0 Å². The molecule has 0 radical (unpaired) electrons. The topological polar surface area (TPSA) is 113 Å². The molecule has 27 heavy (non-hydrogen) atoms. The highest BCUT2D eigenvalue weighted by Crippen LogP contribution is 2.11. The van der Waals surface area contributed by atoms with E-state index in [4.69, 9.17) is 4.74 Å². The highest BCUT2D eigenvalue weighted by molar-refractivity contribution is 5.94. The minimum atomic E-state index is -0.517. The smallest absolute Gasteiger partial charge is 0.287 e. The molecule has 0 fully saturated rings. The van der Waals surface area contributed by atoms with E-state index in [1.165, 1.54) is 0 Å². The third-order valence-corrected chi connectivity index (χ3v) is 3.88. The summed E-state index contributed by atoms with van der Waals surface area (Å²) in [4.78, 5) is 42.8. The standard InChI is InChI=1S/C19H18N4O4/c1-27-13-8-6-12(7-9-13)17(24)20-10-11-21-19(26)16-22-15-5-3-2-4-14(15)18(25)23-16/h2-9H,10-11H2,1H3,(H,20,24)(H,21,26)(H,22,23,25). The summed E-state index contributed by atoms with van der Waals surface area (Å²) in [5.74, 6) is -0.184. The van der Waals surface area contributed by atoms with E-state index in [0.29, 0.717) is 22.2 Å². The van der Waals surface area contributed by atoms with Gasteiger partial charge in [0, 0.05) is 18.7 Å². The Hall–Kier alpha value is -3.68. The van der Waals surface area contributed by atoms with E-state index in [0.717, 1.165) is 0 Å². The molecule has 1 aromatic heterocycles. The Kier molecular flexibility index (Phi) is 5.46. The number of methoxy groups -OCH3 is 1. The van der Waals surface area contributed by atoms with Gasteiger partial charge in [0.2, 0.25) is 0 Å². The number of H-pyrrole nitrogens is 1. The summed E-state index contributed by atoms with van der Waals surface area (Å²) >= 11 is 0. The average Bonchev–Trinajstić information content (AvgIpc) is 2.71. The maximum Gasteiger partial charge on any atom is 0.287 e. The Morgan fingerprint density at radius 1 is 1.00 bits per heavy atom. The van der Waals surface area contributed by atoms with Gasteiger partial charge < -0.3 is 20.4 Å². The van der Waals surface area contributed by atoms with Crippen LogP contribution in [0.25, 0.3) is 10.9 Å². The van der Waals surface area contributed by atoms with Crippen molar-refractivity contribution in [3.05, 3.63) is 70.3 Å². The Balaban J connectivity index is 1.53. The lowest BCUT2D eigenvalue weighted by Crippen LogP contribution is -2.36. The van der Waals surface area contributed by atoms with E-state index < -0.39 is 5.91 Å². The van der Waals surface area contributed by atoms with Gasteiger partial charge in [-0.05, 0) is 36.4 Å². The third kappa shape index (κ3) is 4.30. The fraction of sp³-hybridized carbons (Fsp3) is 0.158. The van der Waals surface area contributed by atoms with Gasteiger partial charge in [-0.2, -0.15) is 0 Å². The number of ether oxygens (including phenoxy) is 1. The third-order valence-electron chi connectivity index (χ3n) is 3.88. The van der Waals surface area contributed by atoms with Gasteiger partial charge in [0.15, 0.2) is 5.82 Å². The molecule has 0 saturated carbocycles. The Bertz CT molecular complexity index is 1030. The average molecular weight is 366 g/mol. The minimum absolute atomic E-state index is 0.0693. The zero-order chi connectivity index (χ0) is 19.2. The van der Waals surface area contributed by atoms with E-state index in [2.05, 4.69) is 20.6 Å². The number of carbonyl (C=O) groups excluding carboxylic acids is 2. The van der Waals surface area contributed by atoms with Crippen molar-refractivity contribution in [3.8, 4) is 5.75 Å². The van der Waals surface area contributed by atoms with Gasteiger partial charge in [-0.15, -0.1) is 0 Å². The Morgan fingerprint density at radius 2 is 1.67 bits per heavy atom. The monoisotopic (exact) mass is 366 g/mol. The molecule has 3 aromatic rings. The highest BCUT2D eigenvalue weighted by Gasteiger charge is 2.11. The van der Waals surface area contributed by atoms with Crippen molar-refractivity contribution in [1.29, 1.82) is 0 Å². The van der Waals surface area contributed by atoms with Crippen LogP contribution in [0.5, 0.6) is 5.75 Å². The van der Waals surface area contributed by atoms with E-state index >= 15 is 0 Å². The summed E-state index contributed by atoms with van der Waals surface area (Å²) in [5.41, 5.74) is 0.556. The lowest BCUT2D eigenvalue weighted by atomic mass is 10.2. The summed E-state index contributed by atoms with van der Waals surface area (Å²) in [7, 11) is 1.55. The second kappa shape index (κ2) is 8.13. The highest BCUT2D eigenvalue weighted by atomic mass is 16.5. The number of hydrogen-bond acceptors (Lipinski definition) is 5. The van der Waals surface area contributed by atoms with Crippen molar-refractivity contribution in [1.82, 2.24) is 20.6 Å². The number of aromatic nitrogens is 2. The first kappa shape index (κ1) is 18.1. The molecule has 138 valence electrons. The zero-order valence-electron chi connectivity index (χ0n) is 14.6. The number of benzene rings is 2. The minimum Gasteiger partial charge on any atom is -0.497 e. The van der Waals surface area contributed by atoms with Gasteiger partial charge in [0.05, 0.1) is 18.0 Å². The molecular formula is C19H18N4O4. The molecule has 0 bridgehead atoms. The van der Waals surface area contributed by atoms with E-state index in [9.17, 15) is 14.4 Å². The number of nitrogens with zero attached hydrogens (tertiary/aromatic N) is 1. The maximum atomic E-state index is 12.2. The largest absolute Gasteiger partial charge is 0.497 e. The summed E-state index contributed by atoms with van der Waals surface area (Å²) in [5, 5.41) is 5.72. The fourth-order valence-electron chi connectivity index (χ4n) is 2.47. The van der Waals surface area contributed by atoms with Crippen LogP contribution in [0.2, 0.25) is 0 Å². The molecule has 1 heterocycles. The second-order valence-corrected chi connectivity index (χ2v) is 5.67. The van der Waals surface area contributed by atoms with Crippen molar-refractivity contribution >= 4 is 22.7 Å². The summed E-state index contributed by atoms with van der Waals surface area (Å²) < 4.78 is 5.04. The molecule has 2 amide bonds. The molecule has 0 unspecified atom stereocenters. The van der Waals surface area contributed by atoms with Crippen LogP contribution in [0.3, 0.4) is 0 Å². The number of aromatic amines is 1. The summed E-state index contributed by atoms with van der Waals surface area (Å²) in [6.07, 6.45) is 0. The van der Waals surface area contributed by atoms with Crippen molar-refractivity contribution < 1.29 is 14.3 Å². The van der Waals surface area contributed by atoms with Crippen LogP contribution >= 0.6 is 0 Å². The normalized spacial score (nSPS) is 10.4. The number of carbonyl (C=O) groups is 2. The Labute approximate surface area is 154 Å². The zero-order valence-corrected chi connectivity index (χ0v) is 14.6. The molecule has 0 atom stereocenters. The molecule has 0 saturated heterocycles. The predicted molar refractivity (Wildman–Crippen MR) is 100 cm³/mol. The van der Waals surface area contributed by atoms with Gasteiger partial charge in [0.25, 0.3) is 17.4 Å². The van der Waals surface area contributed by atoms with E-state index in [1.807, 2.05) is 0 Å². The lowest BCUT2D eigenvalue weighted by Gasteiger charge is -2.08. The quantitative estimate of drug-likeness (QED) is 0.565. The number of hydrogen-bond donors (Lipinski definition) is 3. The summed E-state index contributed by atoms with van der Waals surface area (Å²) in [6, 6.07) is 13.5. The predicted octanol–water partition coefficient (Wildman–Crippen LogP) is 1.09. The molecular weight excluding hydrogens is 348 g/mol. The van der Waals surface area contributed by atoms with Crippen molar-refractivity contribution in [2.75, 3.05) is 20.2 Å². The molecule has 3 N–H and O–H groups in total. The molecule has 0 spiro atoms. The van der Waals surface area contributed by atoms with Crippen LogP contribution in [0.4, 0.5) is 0 Å². The first-order valence-corrected chi connectivity index (χ1v) is 8.28.